The molecule has 3 fully saturated rings. The Balaban J connectivity index is 1.48. The summed E-state index contributed by atoms with van der Waals surface area (Å²) in [5, 5.41) is 9.33. The van der Waals surface area contributed by atoms with Crippen molar-refractivity contribution >= 4 is 11.7 Å². The number of amides is 2. The van der Waals surface area contributed by atoms with E-state index in [9.17, 15) is 10.1 Å². The lowest BCUT2D eigenvalue weighted by Crippen LogP contribution is -2.56. The molecule has 6 nitrogen and oxygen atoms in total. The molecule has 2 aromatic carbocycles. The molecule has 1 heterocycles. The summed E-state index contributed by atoms with van der Waals surface area (Å²) in [4.78, 5) is 20.5. The number of carbonyl (C=O) groups is 1. The molecular formula is C29H36N4O2. The molecule has 2 saturated carbocycles. The van der Waals surface area contributed by atoms with Crippen molar-refractivity contribution in [2.75, 3.05) is 39.2 Å². The average molecular weight is 473 g/mol. The summed E-state index contributed by atoms with van der Waals surface area (Å²) in [6, 6.07) is 18.5. The van der Waals surface area contributed by atoms with Crippen molar-refractivity contribution in [1.82, 2.24) is 9.80 Å². The lowest BCUT2D eigenvalue weighted by atomic mass is 9.68. The zero-order chi connectivity index (χ0) is 24.6. The fourth-order valence-electron chi connectivity index (χ4n) is 6.46. The van der Waals surface area contributed by atoms with E-state index in [0.29, 0.717) is 23.8 Å². The summed E-state index contributed by atoms with van der Waals surface area (Å²) in [6.45, 7) is 1.51. The van der Waals surface area contributed by atoms with Gasteiger partial charge >= 0.3 is 6.03 Å². The van der Waals surface area contributed by atoms with Crippen LogP contribution in [0.3, 0.4) is 0 Å². The third-order valence-corrected chi connectivity index (χ3v) is 8.93. The average Bonchev–Trinajstić information content (AvgIpc) is 3.12. The fraction of sp³-hybridized carbons (Fsp3) is 0.517. The highest BCUT2D eigenvalue weighted by Gasteiger charge is 2.55. The number of anilines is 1. The van der Waals surface area contributed by atoms with E-state index in [2.05, 4.69) is 60.3 Å². The molecule has 0 atom stereocenters. The Bertz CT molecular complexity index is 1110. The quantitative estimate of drug-likeness (QED) is 0.566. The predicted octanol–water partition coefficient (Wildman–Crippen LogP) is 5.38. The van der Waals surface area contributed by atoms with Crippen molar-refractivity contribution in [1.29, 1.82) is 5.26 Å². The molecule has 2 aromatic rings. The van der Waals surface area contributed by atoms with Gasteiger partial charge in [0.05, 0.1) is 36.5 Å². The summed E-state index contributed by atoms with van der Waals surface area (Å²) in [6.07, 6.45) is 7.65. The van der Waals surface area contributed by atoms with Crippen LogP contribution in [0, 0.1) is 17.2 Å². The van der Waals surface area contributed by atoms with Gasteiger partial charge in [-0.2, -0.15) is 5.26 Å². The Morgan fingerprint density at radius 1 is 1.09 bits per heavy atom. The van der Waals surface area contributed by atoms with E-state index in [0.717, 1.165) is 37.9 Å². The SMILES string of the molecule is COc1cc(C#N)ccc1N1CC2(CCC(c3ccccc3)(N(C)C)CC2)N(CC2CCC2)C1=O. The van der Waals surface area contributed by atoms with Gasteiger partial charge in [-0.15, -0.1) is 0 Å². The minimum Gasteiger partial charge on any atom is -0.495 e. The lowest BCUT2D eigenvalue weighted by molar-refractivity contribution is 0.0172. The first-order chi connectivity index (χ1) is 16.9. The van der Waals surface area contributed by atoms with E-state index >= 15 is 0 Å². The largest absolute Gasteiger partial charge is 0.495 e. The molecule has 0 bridgehead atoms. The summed E-state index contributed by atoms with van der Waals surface area (Å²) in [5.74, 6) is 1.19. The van der Waals surface area contributed by atoms with Crippen LogP contribution in [0.1, 0.15) is 56.1 Å². The van der Waals surface area contributed by atoms with Crippen molar-refractivity contribution in [3.63, 3.8) is 0 Å². The molecule has 1 saturated heterocycles. The molecular weight excluding hydrogens is 436 g/mol. The maximum atomic E-state index is 14.0. The van der Waals surface area contributed by atoms with Crippen molar-refractivity contribution in [2.45, 2.75) is 56.0 Å². The van der Waals surface area contributed by atoms with Gasteiger partial charge in [-0.3, -0.25) is 9.80 Å². The Hall–Kier alpha value is -3.04. The molecule has 35 heavy (non-hydrogen) atoms. The summed E-state index contributed by atoms with van der Waals surface area (Å²) < 4.78 is 5.63. The molecule has 6 heteroatoms. The monoisotopic (exact) mass is 472 g/mol. The van der Waals surface area contributed by atoms with Gasteiger partial charge in [0.25, 0.3) is 0 Å². The van der Waals surface area contributed by atoms with Gasteiger partial charge in [-0.1, -0.05) is 36.8 Å². The molecule has 0 radical (unpaired) electrons. The highest BCUT2D eigenvalue weighted by Crippen LogP contribution is 2.50. The van der Waals surface area contributed by atoms with Crippen LogP contribution in [0.25, 0.3) is 0 Å². The van der Waals surface area contributed by atoms with Gasteiger partial charge in [0, 0.05) is 18.2 Å². The number of rotatable bonds is 6. The van der Waals surface area contributed by atoms with Crippen molar-refractivity contribution < 1.29 is 9.53 Å². The summed E-state index contributed by atoms with van der Waals surface area (Å²) in [7, 11) is 5.98. The van der Waals surface area contributed by atoms with Gasteiger partial charge in [0.2, 0.25) is 0 Å². The first-order valence-corrected chi connectivity index (χ1v) is 12.8. The van der Waals surface area contributed by atoms with Gasteiger partial charge in [0.15, 0.2) is 0 Å². The van der Waals surface area contributed by atoms with Crippen molar-refractivity contribution in [2.24, 2.45) is 5.92 Å². The maximum Gasteiger partial charge on any atom is 0.325 e. The van der Waals surface area contributed by atoms with E-state index < -0.39 is 0 Å². The normalized spacial score (nSPS) is 26.8. The number of ether oxygens (including phenoxy) is 1. The number of hydrogen-bond donors (Lipinski definition) is 0. The van der Waals surface area contributed by atoms with E-state index in [1.807, 2.05) is 11.0 Å². The number of hydrogen-bond acceptors (Lipinski definition) is 4. The number of urea groups is 1. The molecule has 1 spiro atoms. The van der Waals surface area contributed by atoms with Crippen LogP contribution in [0.4, 0.5) is 10.5 Å². The zero-order valence-corrected chi connectivity index (χ0v) is 21.2. The predicted molar refractivity (Wildman–Crippen MR) is 138 cm³/mol. The third-order valence-electron chi connectivity index (χ3n) is 8.93. The first-order valence-electron chi connectivity index (χ1n) is 12.8. The Morgan fingerprint density at radius 2 is 1.80 bits per heavy atom. The van der Waals surface area contributed by atoms with E-state index in [4.69, 9.17) is 4.74 Å². The first kappa shape index (κ1) is 23.7. The minimum atomic E-state index is -0.181. The van der Waals surface area contributed by atoms with Crippen LogP contribution in [0.5, 0.6) is 5.75 Å². The number of methoxy groups -OCH3 is 1. The molecule has 3 aliphatic rings. The van der Waals surface area contributed by atoms with Gasteiger partial charge in [0.1, 0.15) is 5.75 Å². The Labute approximate surface area is 209 Å². The van der Waals surface area contributed by atoms with Crippen LogP contribution in [0.15, 0.2) is 48.5 Å². The second-order valence-corrected chi connectivity index (χ2v) is 10.8. The Morgan fingerprint density at radius 3 is 2.37 bits per heavy atom. The van der Waals surface area contributed by atoms with Gasteiger partial charge in [-0.25, -0.2) is 4.79 Å². The van der Waals surface area contributed by atoms with E-state index in [-0.39, 0.29) is 17.1 Å². The van der Waals surface area contributed by atoms with Gasteiger partial charge < -0.3 is 9.64 Å². The van der Waals surface area contributed by atoms with E-state index in [1.54, 1.807) is 19.2 Å². The zero-order valence-electron chi connectivity index (χ0n) is 21.2. The second-order valence-electron chi connectivity index (χ2n) is 10.8. The fourth-order valence-corrected chi connectivity index (χ4v) is 6.46. The number of benzene rings is 2. The molecule has 2 aliphatic carbocycles. The lowest BCUT2D eigenvalue weighted by Gasteiger charge is -2.51. The number of carbonyl (C=O) groups excluding carboxylic acids is 1. The maximum absolute atomic E-state index is 14.0. The van der Waals surface area contributed by atoms with E-state index in [1.165, 1.54) is 24.8 Å². The molecule has 5 rings (SSSR count). The number of nitrogens with zero attached hydrogens (tertiary/aromatic N) is 4. The molecule has 184 valence electrons. The number of nitriles is 1. The highest BCUT2D eigenvalue weighted by molar-refractivity contribution is 5.97. The molecule has 0 aromatic heterocycles. The van der Waals surface area contributed by atoms with Crippen LogP contribution in [-0.4, -0.2) is 55.7 Å². The Kier molecular flexibility index (Phi) is 6.23. The van der Waals surface area contributed by atoms with Crippen molar-refractivity contribution in [3.05, 3.63) is 59.7 Å². The molecule has 2 amide bonds. The van der Waals surface area contributed by atoms with Crippen LogP contribution in [0.2, 0.25) is 0 Å². The second kappa shape index (κ2) is 9.20. The van der Waals surface area contributed by atoms with Crippen LogP contribution < -0.4 is 9.64 Å². The van der Waals surface area contributed by atoms with Crippen LogP contribution in [-0.2, 0) is 5.54 Å². The smallest absolute Gasteiger partial charge is 0.325 e. The molecule has 1 aliphatic heterocycles. The third kappa shape index (κ3) is 3.96. The van der Waals surface area contributed by atoms with Gasteiger partial charge in [-0.05, 0) is 76.2 Å². The van der Waals surface area contributed by atoms with Crippen molar-refractivity contribution in [3.8, 4) is 11.8 Å². The summed E-state index contributed by atoms with van der Waals surface area (Å²) in [5.41, 5.74) is 2.46. The summed E-state index contributed by atoms with van der Waals surface area (Å²) >= 11 is 0. The topological polar surface area (TPSA) is 59.8 Å². The molecule has 0 N–H and O–H groups in total. The standard InChI is InChI=1S/C29H36N4O2/c1-31(2)29(24-10-5-4-6-11-24)16-14-28(15-17-29)21-32(27(34)33(28)20-22-8-7-9-22)25-13-12-23(19-30)18-26(25)35-3/h4-6,10-13,18,22H,7-9,14-17,20-21H2,1-3H3. The minimum absolute atomic E-state index is 0.0166. The highest BCUT2D eigenvalue weighted by atomic mass is 16.5. The molecule has 0 unspecified atom stereocenters. The van der Waals surface area contributed by atoms with Crippen LogP contribution >= 0.6 is 0 Å².